The van der Waals surface area contributed by atoms with E-state index in [1.54, 1.807) is 24.3 Å². The highest BCUT2D eigenvalue weighted by Crippen LogP contribution is 2.31. The third-order valence-electron chi connectivity index (χ3n) is 6.02. The Hall–Kier alpha value is -3.94. The number of benzene rings is 2. The van der Waals surface area contributed by atoms with Crippen LogP contribution >= 0.6 is 0 Å². The average molecular weight is 460 g/mol. The van der Waals surface area contributed by atoms with Crippen LogP contribution in [0.15, 0.2) is 48.5 Å². The van der Waals surface area contributed by atoms with Crippen LogP contribution in [-0.4, -0.2) is 42.1 Å². The predicted octanol–water partition coefficient (Wildman–Crippen LogP) is 3.14. The van der Waals surface area contributed by atoms with Crippen molar-refractivity contribution in [1.29, 1.82) is 0 Å². The van der Waals surface area contributed by atoms with Crippen LogP contribution in [-0.2, 0) is 27.2 Å². The molecule has 34 heavy (non-hydrogen) atoms. The topological polar surface area (TPSA) is 104 Å². The van der Waals surface area contributed by atoms with Gasteiger partial charge in [-0.05, 0) is 49.4 Å². The summed E-state index contributed by atoms with van der Waals surface area (Å²) in [6.07, 6.45) is 3.63. The first-order valence-corrected chi connectivity index (χ1v) is 11.4. The monoisotopic (exact) mass is 460 g/mol. The maximum absolute atomic E-state index is 13.1. The van der Waals surface area contributed by atoms with E-state index >= 15 is 0 Å². The van der Waals surface area contributed by atoms with Crippen LogP contribution in [0.25, 0.3) is 10.9 Å². The third-order valence-corrected chi connectivity index (χ3v) is 6.02. The van der Waals surface area contributed by atoms with Gasteiger partial charge in [0.1, 0.15) is 6.61 Å². The second-order valence-electron chi connectivity index (χ2n) is 8.34. The zero-order chi connectivity index (χ0) is 23.5. The lowest BCUT2D eigenvalue weighted by molar-refractivity contribution is -0.137. The molecule has 1 aliphatic carbocycles. The zero-order valence-corrected chi connectivity index (χ0v) is 18.5. The number of ether oxygens (including phenoxy) is 3. The number of aromatic nitrogens is 1. The Balaban J connectivity index is 1.26. The molecule has 0 saturated carbocycles. The number of hydrogen-bond acceptors (Lipinski definition) is 7. The van der Waals surface area contributed by atoms with E-state index in [1.807, 2.05) is 24.3 Å². The maximum atomic E-state index is 13.1. The molecule has 3 aromatic rings. The maximum Gasteiger partial charge on any atom is 0.339 e. The first-order valence-electron chi connectivity index (χ1n) is 11.4. The highest BCUT2D eigenvalue weighted by Gasteiger charge is 2.29. The number of hydrogen-bond donors (Lipinski definition) is 1. The van der Waals surface area contributed by atoms with Gasteiger partial charge in [0, 0.05) is 11.1 Å². The highest BCUT2D eigenvalue weighted by molar-refractivity contribution is 6.06. The van der Waals surface area contributed by atoms with Gasteiger partial charge >= 0.3 is 5.97 Å². The molecule has 0 bridgehead atoms. The SMILES string of the molecule is O=C(COC(=O)c1c2c(nc3ccccc13)CCCCC2)NC(=O)[C@@H]1COc2ccccc2O1. The molecule has 0 unspecified atom stereocenters. The number of aryl methyl sites for hydroxylation is 1. The Labute approximate surface area is 196 Å². The number of nitrogens with one attached hydrogen (secondary N) is 1. The molecule has 1 N–H and O–H groups in total. The Morgan fingerprint density at radius 1 is 0.971 bits per heavy atom. The summed E-state index contributed by atoms with van der Waals surface area (Å²) in [6, 6.07) is 14.4. The summed E-state index contributed by atoms with van der Waals surface area (Å²) >= 11 is 0. The van der Waals surface area contributed by atoms with Crippen molar-refractivity contribution in [2.75, 3.05) is 13.2 Å². The molecular formula is C26H24N2O6. The van der Waals surface area contributed by atoms with E-state index in [0.29, 0.717) is 22.4 Å². The summed E-state index contributed by atoms with van der Waals surface area (Å²) in [5.74, 6) is -1.01. The van der Waals surface area contributed by atoms with Crippen LogP contribution in [0.3, 0.4) is 0 Å². The fraction of sp³-hybridized carbons (Fsp3) is 0.308. The highest BCUT2D eigenvalue weighted by atomic mass is 16.6. The van der Waals surface area contributed by atoms with Gasteiger partial charge in [-0.3, -0.25) is 19.9 Å². The van der Waals surface area contributed by atoms with Crippen molar-refractivity contribution in [3.63, 3.8) is 0 Å². The number of carbonyl (C=O) groups is 3. The van der Waals surface area contributed by atoms with Gasteiger partial charge in [-0.2, -0.15) is 0 Å². The number of fused-ring (bicyclic) bond motifs is 3. The zero-order valence-electron chi connectivity index (χ0n) is 18.5. The van der Waals surface area contributed by atoms with E-state index in [4.69, 9.17) is 19.2 Å². The third kappa shape index (κ3) is 4.44. The number of pyridine rings is 1. The molecule has 2 aliphatic rings. The molecule has 1 atom stereocenters. The molecule has 2 heterocycles. The number of imide groups is 1. The van der Waals surface area contributed by atoms with Crippen LogP contribution < -0.4 is 14.8 Å². The van der Waals surface area contributed by atoms with E-state index in [1.165, 1.54) is 0 Å². The fourth-order valence-electron chi connectivity index (χ4n) is 4.39. The normalized spacial score (nSPS) is 16.8. The van der Waals surface area contributed by atoms with Crippen LogP contribution in [0.1, 0.15) is 40.9 Å². The van der Waals surface area contributed by atoms with Crippen LogP contribution in [0.5, 0.6) is 11.5 Å². The van der Waals surface area contributed by atoms with Crippen molar-refractivity contribution in [1.82, 2.24) is 10.3 Å². The van der Waals surface area contributed by atoms with Crippen molar-refractivity contribution >= 4 is 28.7 Å². The van der Waals surface area contributed by atoms with Crippen LogP contribution in [0.4, 0.5) is 0 Å². The number of rotatable bonds is 4. The van der Waals surface area contributed by atoms with E-state index in [9.17, 15) is 14.4 Å². The minimum Gasteiger partial charge on any atom is -0.485 e. The number of para-hydroxylation sites is 3. The molecule has 0 radical (unpaired) electrons. The lowest BCUT2D eigenvalue weighted by Crippen LogP contribution is -2.47. The summed E-state index contributed by atoms with van der Waals surface area (Å²) < 4.78 is 16.5. The molecule has 1 aromatic heterocycles. The van der Waals surface area contributed by atoms with E-state index in [2.05, 4.69) is 5.32 Å². The van der Waals surface area contributed by atoms with Gasteiger partial charge in [0.15, 0.2) is 18.1 Å². The quantitative estimate of drug-likeness (QED) is 0.471. The molecule has 0 saturated heterocycles. The molecule has 8 nitrogen and oxygen atoms in total. The fourth-order valence-corrected chi connectivity index (χ4v) is 4.39. The molecule has 1 aliphatic heterocycles. The van der Waals surface area contributed by atoms with E-state index in [-0.39, 0.29) is 6.61 Å². The minimum absolute atomic E-state index is 0.0228. The first kappa shape index (κ1) is 21.9. The number of carbonyl (C=O) groups excluding carboxylic acids is 3. The molecule has 0 spiro atoms. The Morgan fingerprint density at radius 2 is 1.74 bits per heavy atom. The van der Waals surface area contributed by atoms with Gasteiger partial charge in [-0.15, -0.1) is 0 Å². The molecule has 0 fully saturated rings. The number of esters is 1. The van der Waals surface area contributed by atoms with Gasteiger partial charge in [0.05, 0.1) is 11.1 Å². The molecule has 2 amide bonds. The summed E-state index contributed by atoms with van der Waals surface area (Å²) in [7, 11) is 0. The molecule has 5 rings (SSSR count). The molecule has 8 heteroatoms. The molecule has 2 aromatic carbocycles. The Morgan fingerprint density at radius 3 is 2.62 bits per heavy atom. The molecular weight excluding hydrogens is 436 g/mol. The van der Waals surface area contributed by atoms with Crippen molar-refractivity contribution in [2.24, 2.45) is 0 Å². The van der Waals surface area contributed by atoms with Gasteiger partial charge in [-0.1, -0.05) is 36.8 Å². The Kier molecular flexibility index (Phi) is 6.12. The van der Waals surface area contributed by atoms with E-state index < -0.39 is 30.5 Å². The van der Waals surface area contributed by atoms with Crippen molar-refractivity contribution < 1.29 is 28.6 Å². The number of amides is 2. The van der Waals surface area contributed by atoms with Gasteiger partial charge in [0.25, 0.3) is 11.8 Å². The van der Waals surface area contributed by atoms with Crippen molar-refractivity contribution in [3.8, 4) is 11.5 Å². The van der Waals surface area contributed by atoms with Gasteiger partial charge in [0.2, 0.25) is 6.10 Å². The predicted molar refractivity (Wildman–Crippen MR) is 123 cm³/mol. The van der Waals surface area contributed by atoms with E-state index in [0.717, 1.165) is 48.9 Å². The largest absolute Gasteiger partial charge is 0.485 e. The molecule has 174 valence electrons. The van der Waals surface area contributed by atoms with Gasteiger partial charge in [-0.25, -0.2) is 4.79 Å². The summed E-state index contributed by atoms with van der Waals surface area (Å²) in [6.45, 7) is -0.606. The summed E-state index contributed by atoms with van der Waals surface area (Å²) in [4.78, 5) is 42.7. The Bertz CT molecular complexity index is 1270. The van der Waals surface area contributed by atoms with Crippen LogP contribution in [0.2, 0.25) is 0 Å². The minimum atomic E-state index is -0.977. The lowest BCUT2D eigenvalue weighted by Gasteiger charge is -2.25. The van der Waals surface area contributed by atoms with Gasteiger partial charge < -0.3 is 14.2 Å². The van der Waals surface area contributed by atoms with Crippen molar-refractivity contribution in [2.45, 2.75) is 38.2 Å². The van der Waals surface area contributed by atoms with Crippen molar-refractivity contribution in [3.05, 3.63) is 65.4 Å². The van der Waals surface area contributed by atoms with Crippen LogP contribution in [0, 0.1) is 0 Å². The average Bonchev–Trinajstić information content (AvgIpc) is 3.10. The first-order chi connectivity index (χ1) is 16.6. The second-order valence-corrected chi connectivity index (χ2v) is 8.34. The summed E-state index contributed by atoms with van der Waals surface area (Å²) in [5, 5.41) is 2.93. The second kappa shape index (κ2) is 9.51. The number of nitrogens with zero attached hydrogens (tertiary/aromatic N) is 1. The lowest BCUT2D eigenvalue weighted by atomic mass is 9.97. The smallest absolute Gasteiger partial charge is 0.339 e. The summed E-state index contributed by atoms with van der Waals surface area (Å²) in [5.41, 5.74) is 2.99. The standard InChI is InChI=1S/C26H24N2O6/c29-23(28-25(30)22-14-32-20-12-6-7-13-21(20)34-22)15-33-26(31)24-16-8-2-1-3-10-18(16)27-19-11-5-4-9-17(19)24/h4-7,9,11-13,22H,1-3,8,10,14-15H2,(H,28,29,30)/t22-/m0/s1.